The lowest BCUT2D eigenvalue weighted by Gasteiger charge is -2.33. The van der Waals surface area contributed by atoms with Crippen LogP contribution in [0.15, 0.2) is 0 Å². The molecule has 0 aromatic rings. The lowest BCUT2D eigenvalue weighted by molar-refractivity contribution is 0.155. The molecule has 1 unspecified atom stereocenters. The third-order valence-corrected chi connectivity index (χ3v) is 5.97. The number of sulfonamides is 1. The Bertz CT molecular complexity index is 442. The molecule has 0 spiro atoms. The van der Waals surface area contributed by atoms with Crippen molar-refractivity contribution in [2.75, 3.05) is 30.9 Å². The SMILES string of the molecule is CS(=O)(=O)CCS(=O)(=O)N1CCCCC1CO. The van der Waals surface area contributed by atoms with E-state index in [1.54, 1.807) is 0 Å². The van der Waals surface area contributed by atoms with Gasteiger partial charge in [-0.05, 0) is 12.8 Å². The molecule has 102 valence electrons. The molecule has 1 aliphatic heterocycles. The molecule has 6 nitrogen and oxygen atoms in total. The molecule has 8 heteroatoms. The van der Waals surface area contributed by atoms with Crippen LogP contribution in [-0.2, 0) is 19.9 Å². The third-order valence-electron chi connectivity index (χ3n) is 2.85. The summed E-state index contributed by atoms with van der Waals surface area (Å²) < 4.78 is 47.1. The number of hydrogen-bond donors (Lipinski definition) is 1. The Labute approximate surface area is 103 Å². The van der Waals surface area contributed by atoms with E-state index >= 15 is 0 Å². The molecule has 0 saturated carbocycles. The second-order valence-corrected chi connectivity index (χ2v) is 8.69. The molecular weight excluding hydrogens is 266 g/mol. The van der Waals surface area contributed by atoms with Crippen molar-refractivity contribution in [3.05, 3.63) is 0 Å². The van der Waals surface area contributed by atoms with E-state index in [4.69, 9.17) is 5.11 Å². The van der Waals surface area contributed by atoms with E-state index in [2.05, 4.69) is 0 Å². The predicted octanol–water partition coefficient (Wildman–Crippen LogP) is -0.792. The summed E-state index contributed by atoms with van der Waals surface area (Å²) in [7, 11) is -6.87. The fourth-order valence-corrected chi connectivity index (χ4v) is 5.22. The summed E-state index contributed by atoms with van der Waals surface area (Å²) in [5, 5.41) is 9.13. The molecule has 0 aliphatic carbocycles. The summed E-state index contributed by atoms with van der Waals surface area (Å²) in [6, 6.07) is -0.395. The van der Waals surface area contributed by atoms with Crippen molar-refractivity contribution in [2.24, 2.45) is 0 Å². The zero-order valence-electron chi connectivity index (χ0n) is 9.87. The van der Waals surface area contributed by atoms with Gasteiger partial charge in [0.2, 0.25) is 10.0 Å². The average molecular weight is 285 g/mol. The lowest BCUT2D eigenvalue weighted by Crippen LogP contribution is -2.47. The van der Waals surface area contributed by atoms with E-state index in [1.807, 2.05) is 0 Å². The summed E-state index contributed by atoms with van der Waals surface area (Å²) in [6.45, 7) is 0.162. The van der Waals surface area contributed by atoms with Crippen LogP contribution in [0.1, 0.15) is 19.3 Å². The monoisotopic (exact) mass is 285 g/mol. The molecule has 0 bridgehead atoms. The largest absolute Gasteiger partial charge is 0.395 e. The second kappa shape index (κ2) is 5.64. The van der Waals surface area contributed by atoms with Gasteiger partial charge in [-0.25, -0.2) is 16.8 Å². The van der Waals surface area contributed by atoms with Gasteiger partial charge < -0.3 is 5.11 Å². The van der Waals surface area contributed by atoms with Gasteiger partial charge in [0, 0.05) is 18.8 Å². The first-order valence-corrected chi connectivity index (χ1v) is 9.21. The summed E-state index contributed by atoms with van der Waals surface area (Å²) in [5.41, 5.74) is 0. The van der Waals surface area contributed by atoms with Gasteiger partial charge in [-0.15, -0.1) is 0 Å². The highest BCUT2D eigenvalue weighted by Gasteiger charge is 2.32. The molecule has 1 N–H and O–H groups in total. The lowest BCUT2D eigenvalue weighted by atomic mass is 10.1. The van der Waals surface area contributed by atoms with Gasteiger partial charge in [0.15, 0.2) is 0 Å². The molecule has 1 saturated heterocycles. The summed E-state index contributed by atoms with van der Waals surface area (Å²) in [4.78, 5) is 0. The van der Waals surface area contributed by atoms with Crippen LogP contribution in [0.3, 0.4) is 0 Å². The number of hydrogen-bond acceptors (Lipinski definition) is 5. The normalized spacial score (nSPS) is 23.8. The van der Waals surface area contributed by atoms with Crippen LogP contribution < -0.4 is 0 Å². The highest BCUT2D eigenvalue weighted by molar-refractivity contribution is 7.93. The van der Waals surface area contributed by atoms with E-state index in [1.165, 1.54) is 4.31 Å². The van der Waals surface area contributed by atoms with E-state index in [-0.39, 0.29) is 12.4 Å². The van der Waals surface area contributed by atoms with Crippen molar-refractivity contribution >= 4 is 19.9 Å². The van der Waals surface area contributed by atoms with Gasteiger partial charge in [0.1, 0.15) is 9.84 Å². The van der Waals surface area contributed by atoms with Crippen molar-refractivity contribution in [3.8, 4) is 0 Å². The van der Waals surface area contributed by atoms with Crippen molar-refractivity contribution in [1.82, 2.24) is 4.31 Å². The Morgan fingerprint density at radius 3 is 2.35 bits per heavy atom. The smallest absolute Gasteiger partial charge is 0.215 e. The Morgan fingerprint density at radius 2 is 1.82 bits per heavy atom. The minimum absolute atomic E-state index is 0.210. The number of aliphatic hydroxyl groups excluding tert-OH is 1. The minimum atomic E-state index is -3.58. The fraction of sp³-hybridized carbons (Fsp3) is 1.00. The van der Waals surface area contributed by atoms with Crippen LogP contribution in [-0.4, -0.2) is 63.2 Å². The summed E-state index contributed by atoms with van der Waals surface area (Å²) in [6.07, 6.45) is 3.30. The van der Waals surface area contributed by atoms with E-state index in [0.717, 1.165) is 19.1 Å². The second-order valence-electron chi connectivity index (χ2n) is 4.39. The fourth-order valence-electron chi connectivity index (χ4n) is 1.90. The van der Waals surface area contributed by atoms with Crippen LogP contribution in [0.4, 0.5) is 0 Å². The van der Waals surface area contributed by atoms with E-state index < -0.39 is 31.7 Å². The van der Waals surface area contributed by atoms with Crippen LogP contribution in [0.2, 0.25) is 0 Å². The molecule has 1 atom stereocenters. The first kappa shape index (κ1) is 14.9. The Morgan fingerprint density at radius 1 is 1.18 bits per heavy atom. The maximum Gasteiger partial charge on any atom is 0.215 e. The first-order valence-electron chi connectivity index (χ1n) is 5.54. The van der Waals surface area contributed by atoms with Crippen molar-refractivity contribution < 1.29 is 21.9 Å². The molecule has 0 radical (unpaired) electrons. The number of sulfone groups is 1. The van der Waals surface area contributed by atoms with Gasteiger partial charge in [-0.1, -0.05) is 6.42 Å². The van der Waals surface area contributed by atoms with Crippen LogP contribution in [0, 0.1) is 0 Å². The average Bonchev–Trinajstić information content (AvgIpc) is 2.26. The quantitative estimate of drug-likeness (QED) is 0.714. The molecular formula is C9H19NO5S2. The molecule has 0 amide bonds. The Kier molecular flexibility index (Phi) is 4.94. The van der Waals surface area contributed by atoms with Crippen molar-refractivity contribution in [2.45, 2.75) is 25.3 Å². The van der Waals surface area contributed by atoms with Crippen LogP contribution >= 0.6 is 0 Å². The molecule has 0 aromatic carbocycles. The molecule has 17 heavy (non-hydrogen) atoms. The molecule has 1 aliphatic rings. The van der Waals surface area contributed by atoms with Gasteiger partial charge in [0.25, 0.3) is 0 Å². The van der Waals surface area contributed by atoms with Gasteiger partial charge in [-0.3, -0.25) is 0 Å². The molecule has 1 rings (SSSR count). The summed E-state index contributed by atoms with van der Waals surface area (Å²) >= 11 is 0. The van der Waals surface area contributed by atoms with Crippen LogP contribution in [0.25, 0.3) is 0 Å². The van der Waals surface area contributed by atoms with Crippen molar-refractivity contribution in [1.29, 1.82) is 0 Å². The highest BCUT2D eigenvalue weighted by atomic mass is 32.2. The maximum absolute atomic E-state index is 12.0. The van der Waals surface area contributed by atoms with E-state index in [0.29, 0.717) is 13.0 Å². The highest BCUT2D eigenvalue weighted by Crippen LogP contribution is 2.20. The van der Waals surface area contributed by atoms with Crippen LogP contribution in [0.5, 0.6) is 0 Å². The molecule has 1 heterocycles. The van der Waals surface area contributed by atoms with Crippen molar-refractivity contribution in [3.63, 3.8) is 0 Å². The standard InChI is InChI=1S/C9H19NO5S2/c1-16(12,13)6-7-17(14,15)10-5-3-2-4-9(10)8-11/h9,11H,2-8H2,1H3. The van der Waals surface area contributed by atoms with E-state index in [9.17, 15) is 16.8 Å². The zero-order valence-corrected chi connectivity index (χ0v) is 11.5. The first-order chi connectivity index (χ1) is 7.76. The topological polar surface area (TPSA) is 91.8 Å². The number of piperidine rings is 1. The number of rotatable bonds is 5. The van der Waals surface area contributed by atoms with Gasteiger partial charge in [0.05, 0.1) is 18.1 Å². The number of aliphatic hydroxyl groups is 1. The molecule has 0 aromatic heterocycles. The summed E-state index contributed by atoms with van der Waals surface area (Å²) in [5.74, 6) is -0.772. The maximum atomic E-state index is 12.0. The van der Waals surface area contributed by atoms with Gasteiger partial charge in [-0.2, -0.15) is 4.31 Å². The Balaban J connectivity index is 2.74. The number of nitrogens with zero attached hydrogens (tertiary/aromatic N) is 1. The minimum Gasteiger partial charge on any atom is -0.395 e. The third kappa shape index (κ3) is 4.53. The Hall–Kier alpha value is -0.180. The zero-order chi connectivity index (χ0) is 13.1. The predicted molar refractivity (Wildman–Crippen MR) is 64.9 cm³/mol. The molecule has 1 fully saturated rings. The van der Waals surface area contributed by atoms with Gasteiger partial charge >= 0.3 is 0 Å².